The lowest BCUT2D eigenvalue weighted by Crippen LogP contribution is -2.38. The van der Waals surface area contributed by atoms with Crippen molar-refractivity contribution in [2.24, 2.45) is 0 Å². The first-order chi connectivity index (χ1) is 16.7. The summed E-state index contributed by atoms with van der Waals surface area (Å²) in [5, 5.41) is 24.5. The molecule has 0 spiro atoms. The van der Waals surface area contributed by atoms with Gasteiger partial charge < -0.3 is 15.5 Å². The molecule has 3 N–H and O–H groups in total. The molecule has 0 bridgehead atoms. The molecule has 176 valence electrons. The molecular weight excluding hydrogens is 441 g/mol. The van der Waals surface area contributed by atoms with Gasteiger partial charge in [-0.2, -0.15) is 0 Å². The second kappa shape index (κ2) is 7.98. The number of aryl methyl sites for hydroxylation is 4. The molecule has 0 saturated carbocycles. The number of phenols is 2. The van der Waals surface area contributed by atoms with Gasteiger partial charge in [0.15, 0.2) is 0 Å². The van der Waals surface area contributed by atoms with E-state index in [1.807, 2.05) is 69.3 Å². The summed E-state index contributed by atoms with van der Waals surface area (Å²) >= 11 is 0. The topological polar surface area (TPSA) is 69.6 Å². The van der Waals surface area contributed by atoms with Crippen LogP contribution < -0.4 is 5.32 Å². The molecule has 0 radical (unpaired) electrons. The molecule has 4 nitrogen and oxygen atoms in total. The Labute approximate surface area is 203 Å². The predicted octanol–water partition coefficient (Wildman–Crippen LogP) is 6.42. The van der Waals surface area contributed by atoms with Crippen LogP contribution >= 0.6 is 0 Å². The first kappa shape index (κ1) is 22.7. The molecule has 1 aliphatic rings. The van der Waals surface area contributed by atoms with E-state index in [9.17, 15) is 19.4 Å². The zero-order valence-corrected chi connectivity index (χ0v) is 20.0. The highest BCUT2D eigenvalue weighted by atomic mass is 19.1. The zero-order valence-electron chi connectivity index (χ0n) is 20.0. The van der Waals surface area contributed by atoms with Crippen LogP contribution in [0.2, 0.25) is 0 Å². The van der Waals surface area contributed by atoms with Gasteiger partial charge in [-0.05, 0) is 97.0 Å². The summed E-state index contributed by atoms with van der Waals surface area (Å²) in [5.41, 5.74) is 4.83. The molecule has 1 aliphatic heterocycles. The standard InChI is InChI=1S/C30H26FNO3/c1-16-8-7-10-22(27(16)20-12-18(3)28(34)19(4)13-20)30(23-15-24(31)17(2)14-26(23)33)21-9-5-6-11-25(21)32-29(30)35/h5-15,33-34H,1-4H3,(H,32,35). The molecule has 0 fully saturated rings. The van der Waals surface area contributed by atoms with Crippen molar-refractivity contribution in [2.45, 2.75) is 33.1 Å². The Balaban J connectivity index is 1.95. The molecule has 4 aromatic carbocycles. The SMILES string of the molecule is Cc1cc(O)c(C2(c3cccc(C)c3-c3cc(C)c(O)c(C)c3)C(=O)Nc3ccccc32)cc1F. The fourth-order valence-electron chi connectivity index (χ4n) is 5.37. The normalized spacial score (nSPS) is 16.8. The Morgan fingerprint density at radius 2 is 1.40 bits per heavy atom. The monoisotopic (exact) mass is 467 g/mol. The molecule has 0 aliphatic carbocycles. The summed E-state index contributed by atoms with van der Waals surface area (Å²) in [6.07, 6.45) is 0. The van der Waals surface area contributed by atoms with E-state index in [4.69, 9.17) is 0 Å². The fraction of sp³-hybridized carbons (Fsp3) is 0.167. The summed E-state index contributed by atoms with van der Waals surface area (Å²) in [7, 11) is 0. The van der Waals surface area contributed by atoms with Gasteiger partial charge in [-0.15, -0.1) is 0 Å². The van der Waals surface area contributed by atoms with Crippen molar-refractivity contribution >= 4 is 11.6 Å². The first-order valence-corrected chi connectivity index (χ1v) is 11.5. The molecule has 4 aromatic rings. The summed E-state index contributed by atoms with van der Waals surface area (Å²) in [6, 6.07) is 19.4. The Morgan fingerprint density at radius 3 is 2.11 bits per heavy atom. The van der Waals surface area contributed by atoms with Gasteiger partial charge in [0.05, 0.1) is 0 Å². The van der Waals surface area contributed by atoms with E-state index in [0.717, 1.165) is 16.7 Å². The number of carbonyl (C=O) groups is 1. The average molecular weight is 468 g/mol. The van der Waals surface area contributed by atoms with Crippen LogP contribution in [-0.2, 0) is 10.2 Å². The van der Waals surface area contributed by atoms with E-state index in [2.05, 4.69) is 5.32 Å². The molecule has 35 heavy (non-hydrogen) atoms. The maximum atomic E-state index is 15.0. The molecule has 5 rings (SSSR count). The molecule has 1 unspecified atom stereocenters. The van der Waals surface area contributed by atoms with Crippen LogP contribution in [0.15, 0.2) is 66.7 Å². The Bertz CT molecular complexity index is 1500. The highest BCUT2D eigenvalue weighted by Crippen LogP contribution is 2.53. The van der Waals surface area contributed by atoms with Crippen molar-refractivity contribution in [3.63, 3.8) is 0 Å². The summed E-state index contributed by atoms with van der Waals surface area (Å²) < 4.78 is 15.0. The Morgan fingerprint density at radius 1 is 0.743 bits per heavy atom. The van der Waals surface area contributed by atoms with E-state index < -0.39 is 11.2 Å². The number of halogens is 1. The van der Waals surface area contributed by atoms with Crippen LogP contribution in [0.5, 0.6) is 11.5 Å². The number of phenolic OH excluding ortho intramolecular Hbond substituents is 2. The predicted molar refractivity (Wildman–Crippen MR) is 136 cm³/mol. The zero-order chi connectivity index (χ0) is 25.1. The first-order valence-electron chi connectivity index (χ1n) is 11.5. The van der Waals surface area contributed by atoms with Gasteiger partial charge in [0.2, 0.25) is 5.91 Å². The summed E-state index contributed by atoms with van der Waals surface area (Å²) in [5.74, 6) is -0.793. The molecular formula is C30H26FNO3. The maximum Gasteiger partial charge on any atom is 0.244 e. The number of amides is 1. The minimum atomic E-state index is -1.49. The van der Waals surface area contributed by atoms with Gasteiger partial charge in [0, 0.05) is 16.8 Å². The highest BCUT2D eigenvalue weighted by molar-refractivity contribution is 6.13. The third-order valence-corrected chi connectivity index (χ3v) is 7.06. The minimum Gasteiger partial charge on any atom is -0.508 e. The van der Waals surface area contributed by atoms with Crippen LogP contribution in [0, 0.1) is 33.5 Å². The Kier molecular flexibility index (Phi) is 5.17. The Hall–Kier alpha value is -4.12. The van der Waals surface area contributed by atoms with E-state index in [0.29, 0.717) is 33.5 Å². The molecule has 1 heterocycles. The largest absolute Gasteiger partial charge is 0.508 e. The molecule has 0 saturated heterocycles. The van der Waals surface area contributed by atoms with Crippen molar-refractivity contribution in [3.8, 4) is 22.6 Å². The van der Waals surface area contributed by atoms with E-state index >= 15 is 0 Å². The lowest BCUT2D eigenvalue weighted by molar-refractivity contribution is -0.118. The third-order valence-electron chi connectivity index (χ3n) is 7.06. The second-order valence-corrected chi connectivity index (χ2v) is 9.32. The lowest BCUT2D eigenvalue weighted by atomic mass is 9.67. The van der Waals surface area contributed by atoms with Gasteiger partial charge in [0.25, 0.3) is 0 Å². The van der Waals surface area contributed by atoms with Crippen molar-refractivity contribution in [2.75, 3.05) is 5.32 Å². The quantitative estimate of drug-likeness (QED) is 0.325. The number of carbonyl (C=O) groups excluding carboxylic acids is 1. The number of fused-ring (bicyclic) bond motifs is 1. The lowest BCUT2D eigenvalue weighted by Gasteiger charge is -2.32. The van der Waals surface area contributed by atoms with Crippen molar-refractivity contribution < 1.29 is 19.4 Å². The van der Waals surface area contributed by atoms with Crippen LogP contribution in [0.1, 0.15) is 38.9 Å². The number of nitrogens with one attached hydrogen (secondary N) is 1. The van der Waals surface area contributed by atoms with Crippen LogP contribution in [0.4, 0.5) is 10.1 Å². The van der Waals surface area contributed by atoms with Crippen LogP contribution in [0.3, 0.4) is 0 Å². The number of hydrogen-bond acceptors (Lipinski definition) is 3. The van der Waals surface area contributed by atoms with Gasteiger partial charge in [-0.1, -0.05) is 36.4 Å². The number of rotatable bonds is 3. The smallest absolute Gasteiger partial charge is 0.244 e. The fourth-order valence-corrected chi connectivity index (χ4v) is 5.37. The molecule has 5 heteroatoms. The average Bonchev–Trinajstić information content (AvgIpc) is 3.11. The molecule has 1 amide bonds. The molecule has 1 atom stereocenters. The van der Waals surface area contributed by atoms with E-state index in [1.54, 1.807) is 13.0 Å². The van der Waals surface area contributed by atoms with Crippen molar-refractivity contribution in [1.29, 1.82) is 0 Å². The third kappa shape index (κ3) is 3.22. The summed E-state index contributed by atoms with van der Waals surface area (Å²) in [6.45, 7) is 7.20. The number of anilines is 1. The van der Waals surface area contributed by atoms with E-state index in [1.165, 1.54) is 12.1 Å². The number of aromatic hydroxyl groups is 2. The van der Waals surface area contributed by atoms with Gasteiger partial charge in [0.1, 0.15) is 22.7 Å². The number of para-hydroxylation sites is 1. The number of hydrogen-bond donors (Lipinski definition) is 3. The van der Waals surface area contributed by atoms with Crippen molar-refractivity contribution in [3.05, 3.63) is 111 Å². The maximum absolute atomic E-state index is 15.0. The van der Waals surface area contributed by atoms with E-state index in [-0.39, 0.29) is 23.0 Å². The number of benzene rings is 4. The summed E-state index contributed by atoms with van der Waals surface area (Å²) in [4.78, 5) is 14.0. The van der Waals surface area contributed by atoms with Gasteiger partial charge >= 0.3 is 0 Å². The van der Waals surface area contributed by atoms with Gasteiger partial charge in [-0.3, -0.25) is 4.79 Å². The van der Waals surface area contributed by atoms with Crippen molar-refractivity contribution in [1.82, 2.24) is 0 Å². The molecule has 0 aromatic heterocycles. The van der Waals surface area contributed by atoms with Gasteiger partial charge in [-0.25, -0.2) is 4.39 Å². The second-order valence-electron chi connectivity index (χ2n) is 9.32. The minimum absolute atomic E-state index is 0.152. The highest BCUT2D eigenvalue weighted by Gasteiger charge is 2.52. The van der Waals surface area contributed by atoms with Crippen LogP contribution in [0.25, 0.3) is 11.1 Å². The van der Waals surface area contributed by atoms with Crippen LogP contribution in [-0.4, -0.2) is 16.1 Å².